The van der Waals surface area contributed by atoms with E-state index in [9.17, 15) is 0 Å². The molecule has 0 atom stereocenters. The summed E-state index contributed by atoms with van der Waals surface area (Å²) in [5, 5.41) is 2.34. The van der Waals surface area contributed by atoms with Gasteiger partial charge in [0.1, 0.15) is 24.0 Å². The molecule has 5 heteroatoms. The molecule has 388 valence electrons. The highest BCUT2D eigenvalue weighted by molar-refractivity contribution is 6.09. The summed E-state index contributed by atoms with van der Waals surface area (Å²) in [5.74, 6) is 2.44. The lowest BCUT2D eigenvalue weighted by molar-refractivity contribution is 0.479. The molecule has 0 amide bonds. The van der Waals surface area contributed by atoms with Crippen LogP contribution in [0.4, 0.5) is 22.7 Å². The van der Waals surface area contributed by atoms with Gasteiger partial charge in [-0.05, 0) is 133 Å². The van der Waals surface area contributed by atoms with Gasteiger partial charge in [-0.1, -0.05) is 205 Å². The molecule has 10 aromatic rings. The zero-order chi connectivity index (χ0) is 54.2. The van der Waals surface area contributed by atoms with E-state index in [1.807, 2.05) is 6.20 Å². The van der Waals surface area contributed by atoms with Crippen molar-refractivity contribution in [3.8, 4) is 28.4 Å². The van der Waals surface area contributed by atoms with Crippen LogP contribution in [0.5, 0.6) is 11.5 Å². The van der Waals surface area contributed by atoms with Crippen LogP contribution < -0.4 is 14.5 Å². The molecule has 0 bridgehead atoms. The van der Waals surface area contributed by atoms with Gasteiger partial charge in [-0.25, -0.2) is 4.98 Å². The van der Waals surface area contributed by atoms with Gasteiger partial charge in [-0.3, -0.25) is 4.57 Å². The smallest absolute Gasteiger partial charge is 0.137 e. The monoisotopic (exact) mass is 1010 g/mol. The van der Waals surface area contributed by atoms with Crippen LogP contribution in [0, 0.1) is 0 Å². The van der Waals surface area contributed by atoms with Gasteiger partial charge in [0.15, 0.2) is 0 Å². The van der Waals surface area contributed by atoms with E-state index in [0.717, 1.165) is 50.8 Å². The van der Waals surface area contributed by atoms with Crippen molar-refractivity contribution in [1.82, 2.24) is 9.55 Å². The topological polar surface area (TPSA) is 33.5 Å². The number of hydrogen-bond donors (Lipinski definition) is 0. The average Bonchev–Trinajstić information content (AvgIpc) is 3.97. The Kier molecular flexibility index (Phi) is 12.6. The van der Waals surface area contributed by atoms with E-state index in [2.05, 4.69) is 298 Å². The molecule has 1 aliphatic heterocycles. The SMILES string of the molecule is CC(C)(C)c1cc(Oc2ccc3c4ccccc4n(-c4cc(C(C)(C)C)ccn4)c3c2)cc(N2CN(c3cc(-c4ccccc4)cc(C(C)(C)C)c3)c3cc(C(C)(C)c4ccccc4)c(C(C)(C)c4ccccc4)cc32)c1. The molecule has 0 spiro atoms. The molecule has 5 nitrogen and oxygen atoms in total. The molecular weight excluding hydrogens is 937 g/mol. The quantitative estimate of drug-likeness (QED) is 0.137. The Bertz CT molecular complexity index is 3810. The fourth-order valence-corrected chi connectivity index (χ4v) is 11.4. The fraction of sp³-hybridized carbons (Fsp3) is 0.264. The van der Waals surface area contributed by atoms with Gasteiger partial charge < -0.3 is 14.5 Å². The molecule has 0 N–H and O–H groups in total. The number of ether oxygens (including phenoxy) is 1. The predicted octanol–water partition coefficient (Wildman–Crippen LogP) is 19.4. The highest BCUT2D eigenvalue weighted by Gasteiger charge is 2.39. The van der Waals surface area contributed by atoms with E-state index in [-0.39, 0.29) is 27.1 Å². The molecule has 8 aromatic carbocycles. The van der Waals surface area contributed by atoms with Crippen molar-refractivity contribution in [3.05, 3.63) is 239 Å². The number of rotatable bonds is 10. The lowest BCUT2D eigenvalue weighted by atomic mass is 9.68. The summed E-state index contributed by atoms with van der Waals surface area (Å²) >= 11 is 0. The van der Waals surface area contributed by atoms with E-state index in [4.69, 9.17) is 9.72 Å². The van der Waals surface area contributed by atoms with Crippen LogP contribution in [-0.4, -0.2) is 16.2 Å². The van der Waals surface area contributed by atoms with Crippen molar-refractivity contribution < 1.29 is 4.74 Å². The maximum atomic E-state index is 7.18. The van der Waals surface area contributed by atoms with Gasteiger partial charge in [0, 0.05) is 51.3 Å². The summed E-state index contributed by atoms with van der Waals surface area (Å²) in [4.78, 5) is 10.1. The molecule has 3 heterocycles. The predicted molar refractivity (Wildman–Crippen MR) is 326 cm³/mol. The number of pyridine rings is 1. The number of nitrogens with zero attached hydrogens (tertiary/aromatic N) is 4. The Morgan fingerprint density at radius 2 is 0.883 bits per heavy atom. The number of fused-ring (bicyclic) bond motifs is 4. The zero-order valence-corrected chi connectivity index (χ0v) is 47.5. The van der Waals surface area contributed by atoms with Gasteiger partial charge in [0.2, 0.25) is 0 Å². The van der Waals surface area contributed by atoms with Crippen molar-refractivity contribution in [3.63, 3.8) is 0 Å². The molecule has 0 unspecified atom stereocenters. The largest absolute Gasteiger partial charge is 0.457 e. The lowest BCUT2D eigenvalue weighted by Gasteiger charge is -2.37. The summed E-state index contributed by atoms with van der Waals surface area (Å²) in [6.45, 7) is 30.8. The summed E-state index contributed by atoms with van der Waals surface area (Å²) in [7, 11) is 0. The maximum Gasteiger partial charge on any atom is 0.137 e. The second-order valence-electron chi connectivity index (χ2n) is 25.5. The highest BCUT2D eigenvalue weighted by Crippen LogP contribution is 2.53. The van der Waals surface area contributed by atoms with Crippen molar-refractivity contribution in [2.75, 3.05) is 16.5 Å². The first-order chi connectivity index (χ1) is 36.6. The lowest BCUT2D eigenvalue weighted by Crippen LogP contribution is -2.28. The average molecular weight is 1010 g/mol. The van der Waals surface area contributed by atoms with E-state index in [0.29, 0.717) is 6.67 Å². The van der Waals surface area contributed by atoms with Crippen LogP contribution in [-0.2, 0) is 27.1 Å². The minimum Gasteiger partial charge on any atom is -0.457 e. The second kappa shape index (κ2) is 19.0. The molecule has 0 fully saturated rings. The molecular formula is C72H74N4O. The van der Waals surface area contributed by atoms with Crippen LogP contribution in [0.15, 0.2) is 200 Å². The van der Waals surface area contributed by atoms with Crippen molar-refractivity contribution in [2.45, 2.75) is 117 Å². The van der Waals surface area contributed by atoms with E-state index in [1.54, 1.807) is 0 Å². The molecule has 11 rings (SSSR count). The molecule has 0 saturated carbocycles. The van der Waals surface area contributed by atoms with E-state index in [1.165, 1.54) is 61.1 Å². The molecule has 77 heavy (non-hydrogen) atoms. The first-order valence-electron chi connectivity index (χ1n) is 27.5. The number of anilines is 4. The van der Waals surface area contributed by atoms with Crippen molar-refractivity contribution >= 4 is 44.6 Å². The van der Waals surface area contributed by atoms with Crippen molar-refractivity contribution in [2.24, 2.45) is 0 Å². The summed E-state index contributed by atoms with van der Waals surface area (Å²) < 4.78 is 9.47. The first-order valence-corrected chi connectivity index (χ1v) is 27.5. The third-order valence-electron chi connectivity index (χ3n) is 16.3. The second-order valence-corrected chi connectivity index (χ2v) is 25.5. The minimum atomic E-state index is -0.352. The van der Waals surface area contributed by atoms with Gasteiger partial charge in [0.25, 0.3) is 0 Å². The molecule has 0 aliphatic carbocycles. The van der Waals surface area contributed by atoms with Crippen molar-refractivity contribution in [1.29, 1.82) is 0 Å². The third kappa shape index (κ3) is 9.60. The number of aromatic nitrogens is 2. The van der Waals surface area contributed by atoms with Gasteiger partial charge in [0.05, 0.1) is 22.4 Å². The van der Waals surface area contributed by atoms with Crippen LogP contribution in [0.2, 0.25) is 0 Å². The molecule has 0 saturated heterocycles. The van der Waals surface area contributed by atoms with Gasteiger partial charge >= 0.3 is 0 Å². The number of para-hydroxylation sites is 1. The zero-order valence-electron chi connectivity index (χ0n) is 47.5. The van der Waals surface area contributed by atoms with Gasteiger partial charge in [-0.2, -0.15) is 0 Å². The Morgan fingerprint density at radius 1 is 0.377 bits per heavy atom. The molecule has 0 radical (unpaired) electrons. The van der Waals surface area contributed by atoms with E-state index >= 15 is 0 Å². The summed E-state index contributed by atoms with van der Waals surface area (Å²) in [5.41, 5.74) is 17.0. The normalized spacial score (nSPS) is 13.4. The maximum absolute atomic E-state index is 7.18. The van der Waals surface area contributed by atoms with Crippen LogP contribution in [0.25, 0.3) is 38.8 Å². The third-order valence-corrected chi connectivity index (χ3v) is 16.3. The molecule has 1 aliphatic rings. The van der Waals surface area contributed by atoms with Crippen LogP contribution >= 0.6 is 0 Å². The number of benzene rings is 8. The summed E-state index contributed by atoms with van der Waals surface area (Å²) in [6, 6.07) is 71.5. The minimum absolute atomic E-state index is 0.0321. The number of hydrogen-bond acceptors (Lipinski definition) is 4. The Balaban J connectivity index is 1.12. The van der Waals surface area contributed by atoms with E-state index < -0.39 is 0 Å². The Hall–Kier alpha value is -7.89. The van der Waals surface area contributed by atoms with Gasteiger partial charge in [-0.15, -0.1) is 0 Å². The fourth-order valence-electron chi connectivity index (χ4n) is 11.4. The standard InChI is InChI=1S/C72H74N4O/c1-68(2,3)52-35-36-73-67(42-52)76-63-32-24-23-31-59(63)60-34-33-57(44-64(60)76)77-58-41-54(70(7,8)9)40-56(43-58)75-47-74(55-38-49(48-25-17-14-18-26-48)37-53(39-55)69(4,5)6)65-45-61(71(10,11)50-27-19-15-20-28-50)62(46-66(65)75)72(12,13)51-29-21-16-22-30-51/h14-46H,47H2,1-13H3. The Morgan fingerprint density at radius 3 is 1.45 bits per heavy atom. The Labute approximate surface area is 457 Å². The first kappa shape index (κ1) is 51.2. The molecule has 2 aromatic heterocycles. The summed E-state index contributed by atoms with van der Waals surface area (Å²) in [6.07, 6.45) is 1.94. The highest BCUT2D eigenvalue weighted by atomic mass is 16.5. The van der Waals surface area contributed by atoms with Crippen LogP contribution in [0.3, 0.4) is 0 Å². The van der Waals surface area contributed by atoms with Crippen LogP contribution in [0.1, 0.15) is 129 Å².